The van der Waals surface area contributed by atoms with Crippen molar-refractivity contribution in [2.75, 3.05) is 13.7 Å². The Morgan fingerprint density at radius 2 is 2.17 bits per heavy atom. The second-order valence-electron chi connectivity index (χ2n) is 8.40. The van der Waals surface area contributed by atoms with Crippen molar-refractivity contribution in [1.82, 2.24) is 20.1 Å². The summed E-state index contributed by atoms with van der Waals surface area (Å²) >= 11 is 7.71. The molecule has 1 atom stereocenters. The lowest BCUT2D eigenvalue weighted by molar-refractivity contribution is -0.121. The molecule has 2 heterocycles. The van der Waals surface area contributed by atoms with Crippen LogP contribution in [0.2, 0.25) is 5.02 Å². The third kappa shape index (κ3) is 7.56. The molecule has 1 amide bonds. The molecule has 1 aliphatic carbocycles. The van der Waals surface area contributed by atoms with E-state index in [-0.39, 0.29) is 24.1 Å². The Balaban J connectivity index is 1.22. The summed E-state index contributed by atoms with van der Waals surface area (Å²) in [7, 11) is 1.30. The summed E-state index contributed by atoms with van der Waals surface area (Å²) in [6.45, 7) is 2.95. The molecule has 1 saturated carbocycles. The van der Waals surface area contributed by atoms with Gasteiger partial charge in [-0.2, -0.15) is 5.10 Å². The number of thiazole rings is 1. The fraction of sp³-hybridized carbons (Fsp3) is 0.360. The molecule has 1 fully saturated rings. The molecule has 0 bridgehead atoms. The van der Waals surface area contributed by atoms with E-state index < -0.39 is 5.97 Å². The van der Waals surface area contributed by atoms with E-state index in [1.807, 2.05) is 25.1 Å². The van der Waals surface area contributed by atoms with Gasteiger partial charge in [0.1, 0.15) is 11.5 Å². The van der Waals surface area contributed by atoms with E-state index in [1.165, 1.54) is 36.0 Å². The van der Waals surface area contributed by atoms with Gasteiger partial charge >= 0.3 is 5.97 Å². The first-order valence-electron chi connectivity index (χ1n) is 11.5. The van der Waals surface area contributed by atoms with Gasteiger partial charge in [-0.05, 0) is 50.0 Å². The molecule has 1 aliphatic rings. The molecule has 36 heavy (non-hydrogen) atoms. The first kappa shape index (κ1) is 25.7. The first-order valence-corrected chi connectivity index (χ1v) is 12.7. The van der Waals surface area contributed by atoms with Crippen LogP contribution in [0, 0.1) is 5.92 Å². The molecule has 190 valence electrons. The minimum atomic E-state index is -0.511. The number of ether oxygens (including phenoxy) is 3. The number of rotatable bonds is 12. The monoisotopic (exact) mass is 530 g/mol. The van der Waals surface area contributed by atoms with Gasteiger partial charge in [0.05, 0.1) is 23.6 Å². The van der Waals surface area contributed by atoms with Gasteiger partial charge in [-0.25, -0.2) is 9.78 Å². The quantitative estimate of drug-likeness (QED) is 0.330. The van der Waals surface area contributed by atoms with Gasteiger partial charge in [0, 0.05) is 37.5 Å². The Morgan fingerprint density at radius 1 is 1.33 bits per heavy atom. The van der Waals surface area contributed by atoms with Crippen molar-refractivity contribution in [3.05, 3.63) is 58.3 Å². The fourth-order valence-electron chi connectivity index (χ4n) is 3.17. The molecule has 1 aromatic carbocycles. The number of hydrogen-bond donors (Lipinski definition) is 1. The van der Waals surface area contributed by atoms with Crippen molar-refractivity contribution in [2.24, 2.45) is 5.92 Å². The van der Waals surface area contributed by atoms with Crippen molar-refractivity contribution in [3.63, 3.8) is 0 Å². The van der Waals surface area contributed by atoms with Crippen molar-refractivity contribution in [1.29, 1.82) is 0 Å². The van der Waals surface area contributed by atoms with Crippen LogP contribution in [-0.2, 0) is 16.1 Å². The predicted molar refractivity (Wildman–Crippen MR) is 137 cm³/mol. The summed E-state index contributed by atoms with van der Waals surface area (Å²) in [5.74, 6) is 1.27. The lowest BCUT2D eigenvalue weighted by Gasteiger charge is -2.09. The van der Waals surface area contributed by atoms with E-state index >= 15 is 0 Å². The van der Waals surface area contributed by atoms with Gasteiger partial charge in [-0.15, -0.1) is 0 Å². The van der Waals surface area contributed by atoms with Crippen LogP contribution >= 0.6 is 22.9 Å². The third-order valence-corrected chi connectivity index (χ3v) is 6.46. The molecule has 0 spiro atoms. The first-order chi connectivity index (χ1) is 17.4. The van der Waals surface area contributed by atoms with Crippen molar-refractivity contribution >= 4 is 40.9 Å². The SMILES string of the molecule is COC(=O)c1ccn(CCC(=O)N[C@@H](C)C=Cc2cnc(Oc3ccc(OCC4CC4)cc3Cl)s2)n1. The number of aryl methyl sites for hydroxylation is 1. The Kier molecular flexibility index (Phi) is 8.61. The van der Waals surface area contributed by atoms with Gasteiger partial charge < -0.3 is 19.5 Å². The zero-order valence-electron chi connectivity index (χ0n) is 20.0. The zero-order valence-corrected chi connectivity index (χ0v) is 21.6. The number of carbonyl (C=O) groups is 2. The third-order valence-electron chi connectivity index (χ3n) is 5.33. The van der Waals surface area contributed by atoms with E-state index in [9.17, 15) is 9.59 Å². The topological polar surface area (TPSA) is 105 Å². The van der Waals surface area contributed by atoms with Crippen LogP contribution in [0.1, 0.15) is 41.6 Å². The number of halogens is 1. The Labute approximate surface area is 218 Å². The Bertz CT molecular complexity index is 1240. The number of amides is 1. The van der Waals surface area contributed by atoms with E-state index in [4.69, 9.17) is 21.1 Å². The number of hydrogen-bond acceptors (Lipinski definition) is 8. The minimum Gasteiger partial charge on any atom is -0.493 e. The molecule has 0 saturated heterocycles. The molecule has 1 N–H and O–H groups in total. The molecule has 11 heteroatoms. The van der Waals surface area contributed by atoms with Gasteiger partial charge in [0.15, 0.2) is 5.69 Å². The molecule has 0 aliphatic heterocycles. The molecular weight excluding hydrogens is 504 g/mol. The van der Waals surface area contributed by atoms with Crippen LogP contribution in [0.5, 0.6) is 16.7 Å². The summed E-state index contributed by atoms with van der Waals surface area (Å²) in [6.07, 6.45) is 9.77. The molecule has 0 unspecified atom stereocenters. The number of methoxy groups -OCH3 is 1. The van der Waals surface area contributed by atoms with Gasteiger partial charge in [-0.1, -0.05) is 29.0 Å². The number of aromatic nitrogens is 3. The second kappa shape index (κ2) is 12.0. The van der Waals surface area contributed by atoms with Gasteiger partial charge in [0.25, 0.3) is 5.19 Å². The van der Waals surface area contributed by atoms with Crippen LogP contribution in [0.25, 0.3) is 6.08 Å². The summed E-state index contributed by atoms with van der Waals surface area (Å²) in [5, 5.41) is 7.91. The van der Waals surface area contributed by atoms with Crippen LogP contribution in [0.3, 0.4) is 0 Å². The molecular formula is C25H27ClN4O5S. The highest BCUT2D eigenvalue weighted by molar-refractivity contribution is 7.14. The normalized spacial score (nSPS) is 14.0. The maximum Gasteiger partial charge on any atom is 0.358 e. The van der Waals surface area contributed by atoms with Crippen LogP contribution in [0.15, 0.2) is 42.7 Å². The molecule has 2 aromatic heterocycles. The summed E-state index contributed by atoms with van der Waals surface area (Å²) in [4.78, 5) is 28.9. The van der Waals surface area contributed by atoms with E-state index in [2.05, 4.69) is 20.1 Å². The largest absolute Gasteiger partial charge is 0.493 e. The standard InChI is InChI=1S/C25H27ClN4O5S/c1-16(28-23(31)10-12-30-11-9-21(29-30)24(32)33-2)3-7-19-14-27-25(36-19)35-22-8-6-18(13-20(22)26)34-15-17-4-5-17/h3,6-9,11,13-14,16-17H,4-5,10,12,15H2,1-2H3,(H,28,31)/t16-/m0/s1. The molecule has 0 radical (unpaired) electrons. The molecule has 4 rings (SSSR count). The van der Waals surface area contributed by atoms with Gasteiger partial charge in [-0.3, -0.25) is 9.48 Å². The second-order valence-corrected chi connectivity index (χ2v) is 9.83. The number of carbonyl (C=O) groups excluding carboxylic acids is 2. The average molecular weight is 531 g/mol. The average Bonchev–Trinajstić information content (AvgIpc) is 3.38. The maximum atomic E-state index is 12.2. The molecule has 3 aromatic rings. The summed E-state index contributed by atoms with van der Waals surface area (Å²) in [6, 6.07) is 6.73. The van der Waals surface area contributed by atoms with Crippen LogP contribution in [0.4, 0.5) is 0 Å². The lowest BCUT2D eigenvalue weighted by atomic mass is 10.2. The number of esters is 1. The van der Waals surface area contributed by atoms with Crippen molar-refractivity contribution in [3.8, 4) is 16.7 Å². The summed E-state index contributed by atoms with van der Waals surface area (Å²) in [5.41, 5.74) is 0.208. The van der Waals surface area contributed by atoms with E-state index in [1.54, 1.807) is 30.6 Å². The van der Waals surface area contributed by atoms with E-state index in [0.717, 1.165) is 17.2 Å². The maximum absolute atomic E-state index is 12.2. The molecule has 9 nitrogen and oxygen atoms in total. The van der Waals surface area contributed by atoms with Crippen molar-refractivity contribution in [2.45, 2.75) is 38.8 Å². The Hall–Kier alpha value is -3.37. The van der Waals surface area contributed by atoms with Crippen molar-refractivity contribution < 1.29 is 23.8 Å². The number of benzene rings is 1. The number of nitrogens with zero attached hydrogens (tertiary/aromatic N) is 3. The highest BCUT2D eigenvalue weighted by Crippen LogP contribution is 2.35. The number of nitrogens with one attached hydrogen (secondary N) is 1. The van der Waals surface area contributed by atoms with Crippen LogP contribution < -0.4 is 14.8 Å². The zero-order chi connectivity index (χ0) is 25.5. The summed E-state index contributed by atoms with van der Waals surface area (Å²) < 4.78 is 17.7. The smallest absolute Gasteiger partial charge is 0.358 e. The van der Waals surface area contributed by atoms with Crippen LogP contribution in [-0.4, -0.2) is 46.4 Å². The van der Waals surface area contributed by atoms with Gasteiger partial charge in [0.2, 0.25) is 5.91 Å². The minimum absolute atomic E-state index is 0.130. The highest BCUT2D eigenvalue weighted by atomic mass is 35.5. The fourth-order valence-corrected chi connectivity index (χ4v) is 4.07. The van der Waals surface area contributed by atoms with E-state index in [0.29, 0.717) is 28.4 Å². The lowest BCUT2D eigenvalue weighted by Crippen LogP contribution is -2.31. The predicted octanol–water partition coefficient (Wildman–Crippen LogP) is 4.97. The Morgan fingerprint density at radius 3 is 2.92 bits per heavy atom. The highest BCUT2D eigenvalue weighted by Gasteiger charge is 2.22.